The monoisotopic (exact) mass is 339 g/mol. The van der Waals surface area contributed by atoms with Crippen LogP contribution in [0.15, 0.2) is 48.8 Å². The summed E-state index contributed by atoms with van der Waals surface area (Å²) in [5.41, 5.74) is 2.35. The molecular formula is C19H21N3O3. The highest BCUT2D eigenvalue weighted by Gasteiger charge is 2.11. The van der Waals surface area contributed by atoms with E-state index in [1.54, 1.807) is 25.3 Å². The average Bonchev–Trinajstić information content (AvgIpc) is 3.03. The zero-order valence-corrected chi connectivity index (χ0v) is 14.5. The molecule has 25 heavy (non-hydrogen) atoms. The van der Waals surface area contributed by atoms with Crippen LogP contribution < -0.4 is 14.8 Å². The lowest BCUT2D eigenvalue weighted by Crippen LogP contribution is -2.17. The standard InChI is InChI=1S/C19H21N3O3/c1-13(2)19(23)21-14-7-8-16(24-3)17(10-14)25-12-15-11-22-9-5-4-6-18(22)20-15/h4-11,13H,12H2,1-3H3,(H,21,23). The molecule has 0 aliphatic carbocycles. The molecule has 0 atom stereocenters. The number of nitrogens with one attached hydrogen (secondary N) is 1. The minimum atomic E-state index is -0.0931. The number of imidazole rings is 1. The van der Waals surface area contributed by atoms with Crippen molar-refractivity contribution < 1.29 is 14.3 Å². The molecule has 0 aliphatic rings. The van der Waals surface area contributed by atoms with Crippen molar-refractivity contribution in [2.75, 3.05) is 12.4 Å². The summed E-state index contributed by atoms with van der Waals surface area (Å²) in [6.07, 6.45) is 3.86. The molecule has 1 aromatic carbocycles. The van der Waals surface area contributed by atoms with Gasteiger partial charge >= 0.3 is 0 Å². The predicted molar refractivity (Wildman–Crippen MR) is 96.0 cm³/mol. The first-order valence-electron chi connectivity index (χ1n) is 8.11. The van der Waals surface area contributed by atoms with E-state index in [-0.39, 0.29) is 11.8 Å². The lowest BCUT2D eigenvalue weighted by molar-refractivity contribution is -0.118. The summed E-state index contributed by atoms with van der Waals surface area (Å²) in [5.74, 6) is 1.02. The second-order valence-corrected chi connectivity index (χ2v) is 6.00. The third-order valence-electron chi connectivity index (χ3n) is 3.74. The normalized spacial score (nSPS) is 10.9. The van der Waals surface area contributed by atoms with Gasteiger partial charge in [-0.2, -0.15) is 0 Å². The van der Waals surface area contributed by atoms with Crippen molar-refractivity contribution in [1.82, 2.24) is 9.38 Å². The minimum Gasteiger partial charge on any atom is -0.493 e. The zero-order valence-electron chi connectivity index (χ0n) is 14.5. The van der Waals surface area contributed by atoms with Gasteiger partial charge < -0.3 is 19.2 Å². The van der Waals surface area contributed by atoms with Gasteiger partial charge in [0.05, 0.1) is 12.8 Å². The molecule has 0 unspecified atom stereocenters. The lowest BCUT2D eigenvalue weighted by Gasteiger charge is -2.13. The van der Waals surface area contributed by atoms with Crippen LogP contribution in [0.4, 0.5) is 5.69 Å². The van der Waals surface area contributed by atoms with Crippen LogP contribution in [0.25, 0.3) is 5.65 Å². The number of fused-ring (bicyclic) bond motifs is 1. The van der Waals surface area contributed by atoms with Crippen molar-refractivity contribution in [3.05, 3.63) is 54.5 Å². The fourth-order valence-electron chi connectivity index (χ4n) is 2.36. The molecule has 130 valence electrons. The Morgan fingerprint density at radius 3 is 2.80 bits per heavy atom. The van der Waals surface area contributed by atoms with E-state index in [4.69, 9.17) is 9.47 Å². The van der Waals surface area contributed by atoms with E-state index < -0.39 is 0 Å². The number of hydrogen-bond acceptors (Lipinski definition) is 4. The van der Waals surface area contributed by atoms with Crippen LogP contribution in [0.3, 0.4) is 0 Å². The van der Waals surface area contributed by atoms with Gasteiger partial charge in [0.1, 0.15) is 12.3 Å². The SMILES string of the molecule is COc1ccc(NC(=O)C(C)C)cc1OCc1cn2ccccc2n1. The van der Waals surface area contributed by atoms with Gasteiger partial charge in [-0.1, -0.05) is 19.9 Å². The Bertz CT molecular complexity index is 854. The van der Waals surface area contributed by atoms with Crippen molar-refractivity contribution in [3.8, 4) is 11.5 Å². The topological polar surface area (TPSA) is 64.9 Å². The summed E-state index contributed by atoms with van der Waals surface area (Å²) < 4.78 is 13.2. The maximum Gasteiger partial charge on any atom is 0.226 e. The molecule has 1 amide bonds. The highest BCUT2D eigenvalue weighted by atomic mass is 16.5. The fourth-order valence-corrected chi connectivity index (χ4v) is 2.36. The van der Waals surface area contributed by atoms with Crippen molar-refractivity contribution in [3.63, 3.8) is 0 Å². The number of nitrogens with zero attached hydrogens (tertiary/aromatic N) is 2. The number of ether oxygens (including phenoxy) is 2. The van der Waals surface area contributed by atoms with Gasteiger partial charge in [0.15, 0.2) is 11.5 Å². The maximum absolute atomic E-state index is 11.9. The van der Waals surface area contributed by atoms with Gasteiger partial charge in [-0.25, -0.2) is 4.98 Å². The Morgan fingerprint density at radius 2 is 2.08 bits per heavy atom. The molecule has 0 aliphatic heterocycles. The third kappa shape index (κ3) is 3.91. The van der Waals surface area contributed by atoms with Crippen LogP contribution >= 0.6 is 0 Å². The zero-order chi connectivity index (χ0) is 17.8. The number of carbonyl (C=O) groups excluding carboxylic acids is 1. The summed E-state index contributed by atoms with van der Waals surface area (Å²) in [6, 6.07) is 11.1. The first-order chi connectivity index (χ1) is 12.1. The number of anilines is 1. The molecule has 0 radical (unpaired) electrons. The molecule has 3 aromatic rings. The van der Waals surface area contributed by atoms with E-state index in [2.05, 4.69) is 10.3 Å². The molecule has 2 aromatic heterocycles. The summed E-state index contributed by atoms with van der Waals surface area (Å²) in [4.78, 5) is 16.4. The predicted octanol–water partition coefficient (Wildman–Crippen LogP) is 3.52. The summed E-state index contributed by atoms with van der Waals surface area (Å²) in [6.45, 7) is 4.00. The number of hydrogen-bond donors (Lipinski definition) is 1. The Morgan fingerprint density at radius 1 is 1.24 bits per heavy atom. The molecule has 6 nitrogen and oxygen atoms in total. The first-order valence-corrected chi connectivity index (χ1v) is 8.11. The largest absolute Gasteiger partial charge is 0.493 e. The van der Waals surface area contributed by atoms with Crippen LogP contribution in [-0.4, -0.2) is 22.4 Å². The van der Waals surface area contributed by atoms with Crippen LogP contribution in [0.5, 0.6) is 11.5 Å². The van der Waals surface area contributed by atoms with Gasteiger partial charge in [0, 0.05) is 30.1 Å². The highest BCUT2D eigenvalue weighted by Crippen LogP contribution is 2.31. The van der Waals surface area contributed by atoms with E-state index >= 15 is 0 Å². The Hall–Kier alpha value is -3.02. The lowest BCUT2D eigenvalue weighted by atomic mass is 10.2. The number of carbonyl (C=O) groups is 1. The number of amides is 1. The van der Waals surface area contributed by atoms with Crippen molar-refractivity contribution in [2.45, 2.75) is 20.5 Å². The van der Waals surface area contributed by atoms with Crippen LogP contribution in [0.2, 0.25) is 0 Å². The number of methoxy groups -OCH3 is 1. The Kier molecular flexibility index (Phi) is 4.88. The Balaban J connectivity index is 1.76. The van der Waals surface area contributed by atoms with E-state index in [1.165, 1.54) is 0 Å². The molecular weight excluding hydrogens is 318 g/mol. The van der Waals surface area contributed by atoms with Gasteiger partial charge in [-0.3, -0.25) is 4.79 Å². The van der Waals surface area contributed by atoms with Crippen LogP contribution in [0.1, 0.15) is 19.5 Å². The van der Waals surface area contributed by atoms with Crippen molar-refractivity contribution in [2.24, 2.45) is 5.92 Å². The van der Waals surface area contributed by atoms with Crippen LogP contribution in [0, 0.1) is 5.92 Å². The van der Waals surface area contributed by atoms with Gasteiger partial charge in [-0.05, 0) is 24.3 Å². The van der Waals surface area contributed by atoms with E-state index in [0.29, 0.717) is 23.8 Å². The smallest absolute Gasteiger partial charge is 0.226 e. The summed E-state index contributed by atoms with van der Waals surface area (Å²) >= 11 is 0. The number of benzene rings is 1. The summed E-state index contributed by atoms with van der Waals surface area (Å²) in [7, 11) is 1.58. The van der Waals surface area contributed by atoms with Crippen molar-refractivity contribution >= 4 is 17.2 Å². The van der Waals surface area contributed by atoms with Crippen molar-refractivity contribution in [1.29, 1.82) is 0 Å². The maximum atomic E-state index is 11.9. The average molecular weight is 339 g/mol. The number of pyridine rings is 1. The molecule has 6 heteroatoms. The van der Waals surface area contributed by atoms with Gasteiger partial charge in [0.2, 0.25) is 5.91 Å². The third-order valence-corrected chi connectivity index (χ3v) is 3.74. The molecule has 0 spiro atoms. The summed E-state index contributed by atoms with van der Waals surface area (Å²) in [5, 5.41) is 2.86. The van der Waals surface area contributed by atoms with E-state index in [1.807, 2.05) is 48.8 Å². The molecule has 3 rings (SSSR count). The number of aromatic nitrogens is 2. The molecule has 0 bridgehead atoms. The Labute approximate surface area is 146 Å². The second-order valence-electron chi connectivity index (χ2n) is 6.00. The van der Waals surface area contributed by atoms with Gasteiger partial charge in [-0.15, -0.1) is 0 Å². The second kappa shape index (κ2) is 7.25. The number of rotatable bonds is 6. The molecule has 1 N–H and O–H groups in total. The molecule has 0 fully saturated rings. The van der Waals surface area contributed by atoms with Gasteiger partial charge in [0.25, 0.3) is 0 Å². The quantitative estimate of drug-likeness (QED) is 0.746. The first kappa shape index (κ1) is 16.8. The van der Waals surface area contributed by atoms with E-state index in [9.17, 15) is 4.79 Å². The highest BCUT2D eigenvalue weighted by molar-refractivity contribution is 5.92. The molecule has 0 saturated heterocycles. The molecule has 0 saturated carbocycles. The minimum absolute atomic E-state index is 0.0449. The van der Waals surface area contributed by atoms with E-state index in [0.717, 1.165) is 11.3 Å². The van der Waals surface area contributed by atoms with Crippen LogP contribution in [-0.2, 0) is 11.4 Å². The molecule has 2 heterocycles. The fraction of sp³-hybridized carbons (Fsp3) is 0.263.